The topological polar surface area (TPSA) is 69.9 Å². The molecule has 8 heteroatoms. The summed E-state index contributed by atoms with van der Waals surface area (Å²) in [6, 6.07) is 13.8. The molecule has 0 aliphatic carbocycles. The van der Waals surface area contributed by atoms with Gasteiger partial charge in [0.05, 0.1) is 11.3 Å². The largest absolute Gasteiger partial charge is 0.454 e. The Hall–Kier alpha value is -2.44. The number of para-hydroxylation sites is 1. The molecule has 1 aromatic heterocycles. The molecule has 1 heterocycles. The van der Waals surface area contributed by atoms with Crippen LogP contribution in [0, 0.1) is 0 Å². The van der Waals surface area contributed by atoms with Crippen molar-refractivity contribution in [2.24, 2.45) is 0 Å². The Balaban J connectivity index is 1.74. The molecule has 0 atom stereocenters. The van der Waals surface area contributed by atoms with Crippen LogP contribution in [0.4, 0.5) is 0 Å². The maximum absolute atomic E-state index is 12.1. The fourth-order valence-corrected chi connectivity index (χ4v) is 2.48. The molecule has 0 fully saturated rings. The number of carbonyl (C=O) groups is 1. The van der Waals surface area contributed by atoms with Crippen molar-refractivity contribution in [2.75, 3.05) is 0 Å². The SMILES string of the molecule is O=C(OCc1nnnn1-c1ccccc1)c1cc(Cl)cc(Cl)c1. The fraction of sp³-hybridized carbons (Fsp3) is 0.0667. The molecule has 0 saturated carbocycles. The monoisotopic (exact) mass is 348 g/mol. The van der Waals surface area contributed by atoms with E-state index < -0.39 is 5.97 Å². The van der Waals surface area contributed by atoms with E-state index in [1.165, 1.54) is 22.9 Å². The van der Waals surface area contributed by atoms with Crippen LogP contribution in [0.15, 0.2) is 48.5 Å². The van der Waals surface area contributed by atoms with Gasteiger partial charge >= 0.3 is 5.97 Å². The number of hydrogen-bond donors (Lipinski definition) is 0. The van der Waals surface area contributed by atoms with Crippen molar-refractivity contribution < 1.29 is 9.53 Å². The van der Waals surface area contributed by atoms with Gasteiger partial charge in [0.1, 0.15) is 0 Å². The lowest BCUT2D eigenvalue weighted by Crippen LogP contribution is -2.10. The minimum Gasteiger partial charge on any atom is -0.454 e. The average Bonchev–Trinajstić information content (AvgIpc) is 3.01. The van der Waals surface area contributed by atoms with Crippen LogP contribution in [0.2, 0.25) is 10.0 Å². The first-order chi connectivity index (χ1) is 11.1. The number of ether oxygens (including phenoxy) is 1. The Morgan fingerprint density at radius 2 is 1.78 bits per heavy atom. The molecule has 23 heavy (non-hydrogen) atoms. The Labute approximate surface area is 141 Å². The van der Waals surface area contributed by atoms with Crippen LogP contribution in [0.25, 0.3) is 5.69 Å². The van der Waals surface area contributed by atoms with E-state index in [0.717, 1.165) is 5.69 Å². The zero-order chi connectivity index (χ0) is 16.2. The van der Waals surface area contributed by atoms with Crippen LogP contribution in [-0.2, 0) is 11.3 Å². The van der Waals surface area contributed by atoms with Crippen molar-refractivity contribution in [3.63, 3.8) is 0 Å². The van der Waals surface area contributed by atoms with Crippen LogP contribution in [-0.4, -0.2) is 26.2 Å². The Kier molecular flexibility index (Phi) is 4.55. The summed E-state index contributed by atoms with van der Waals surface area (Å²) in [5.41, 5.74) is 1.04. The number of nitrogens with zero attached hydrogens (tertiary/aromatic N) is 4. The highest BCUT2D eigenvalue weighted by molar-refractivity contribution is 6.35. The molecule has 3 rings (SSSR count). The van der Waals surface area contributed by atoms with E-state index in [4.69, 9.17) is 27.9 Å². The molecule has 0 bridgehead atoms. The molecule has 0 unspecified atom stereocenters. The molecule has 0 amide bonds. The van der Waals surface area contributed by atoms with Crippen LogP contribution in [0.1, 0.15) is 16.2 Å². The van der Waals surface area contributed by atoms with Gasteiger partial charge in [0.15, 0.2) is 12.4 Å². The highest BCUT2D eigenvalue weighted by atomic mass is 35.5. The predicted molar refractivity (Wildman–Crippen MR) is 84.7 cm³/mol. The van der Waals surface area contributed by atoms with Crippen LogP contribution < -0.4 is 0 Å². The number of carbonyl (C=O) groups excluding carboxylic acids is 1. The number of benzene rings is 2. The van der Waals surface area contributed by atoms with Crippen molar-refractivity contribution >= 4 is 29.2 Å². The summed E-state index contributed by atoms with van der Waals surface area (Å²) < 4.78 is 6.72. The second-order valence-corrected chi connectivity index (χ2v) is 5.45. The molecule has 116 valence electrons. The molecular weight excluding hydrogens is 339 g/mol. The van der Waals surface area contributed by atoms with Crippen LogP contribution in [0.5, 0.6) is 0 Å². The summed E-state index contributed by atoms with van der Waals surface area (Å²) in [5.74, 6) is -0.158. The summed E-state index contributed by atoms with van der Waals surface area (Å²) in [6.07, 6.45) is 0. The van der Waals surface area contributed by atoms with E-state index >= 15 is 0 Å². The maximum Gasteiger partial charge on any atom is 0.338 e. The lowest BCUT2D eigenvalue weighted by atomic mass is 10.2. The Morgan fingerprint density at radius 3 is 2.48 bits per heavy atom. The number of esters is 1. The van der Waals surface area contributed by atoms with Gasteiger partial charge in [-0.2, -0.15) is 4.68 Å². The molecule has 2 aromatic carbocycles. The number of hydrogen-bond acceptors (Lipinski definition) is 5. The summed E-state index contributed by atoms with van der Waals surface area (Å²) in [4.78, 5) is 12.1. The van der Waals surface area contributed by atoms with Crippen molar-refractivity contribution in [1.82, 2.24) is 20.2 Å². The van der Waals surface area contributed by atoms with E-state index in [9.17, 15) is 4.79 Å². The summed E-state index contributed by atoms with van der Waals surface area (Å²) in [5, 5.41) is 12.1. The molecule has 0 radical (unpaired) electrons. The third-order valence-corrected chi connectivity index (χ3v) is 3.40. The van der Waals surface area contributed by atoms with E-state index in [1.54, 1.807) is 0 Å². The van der Waals surface area contributed by atoms with Crippen molar-refractivity contribution in [1.29, 1.82) is 0 Å². The van der Waals surface area contributed by atoms with E-state index in [2.05, 4.69) is 15.5 Å². The molecule has 0 aliphatic rings. The van der Waals surface area contributed by atoms with Crippen molar-refractivity contribution in [2.45, 2.75) is 6.61 Å². The van der Waals surface area contributed by atoms with Gasteiger partial charge < -0.3 is 4.74 Å². The molecule has 0 aliphatic heterocycles. The zero-order valence-electron chi connectivity index (χ0n) is 11.7. The lowest BCUT2D eigenvalue weighted by molar-refractivity contribution is 0.0459. The van der Waals surface area contributed by atoms with Gasteiger partial charge in [-0.3, -0.25) is 0 Å². The minimum atomic E-state index is -0.558. The minimum absolute atomic E-state index is 0.0785. The van der Waals surface area contributed by atoms with Gasteiger partial charge in [-0.05, 0) is 40.8 Å². The zero-order valence-corrected chi connectivity index (χ0v) is 13.2. The van der Waals surface area contributed by atoms with Gasteiger partial charge in [0.2, 0.25) is 0 Å². The highest BCUT2D eigenvalue weighted by Crippen LogP contribution is 2.20. The second kappa shape index (κ2) is 6.76. The van der Waals surface area contributed by atoms with Gasteiger partial charge in [-0.25, -0.2) is 4.79 Å². The van der Waals surface area contributed by atoms with Gasteiger partial charge in [0.25, 0.3) is 0 Å². The molecule has 3 aromatic rings. The first-order valence-electron chi connectivity index (χ1n) is 6.59. The molecule has 6 nitrogen and oxygen atoms in total. The predicted octanol–water partition coefficient (Wildman–Crippen LogP) is 3.33. The van der Waals surface area contributed by atoms with E-state index in [-0.39, 0.29) is 12.2 Å². The summed E-state index contributed by atoms with van der Waals surface area (Å²) >= 11 is 11.7. The number of tetrazole rings is 1. The third kappa shape index (κ3) is 3.67. The van der Waals surface area contributed by atoms with Crippen molar-refractivity contribution in [3.05, 3.63) is 70.0 Å². The van der Waals surface area contributed by atoms with Crippen LogP contribution in [0.3, 0.4) is 0 Å². The van der Waals surface area contributed by atoms with Gasteiger partial charge in [-0.1, -0.05) is 41.4 Å². The molecular formula is C15H10Cl2N4O2. The summed E-state index contributed by atoms with van der Waals surface area (Å²) in [6.45, 7) is -0.0785. The van der Waals surface area contributed by atoms with E-state index in [0.29, 0.717) is 15.9 Å². The fourth-order valence-electron chi connectivity index (χ4n) is 1.95. The first kappa shape index (κ1) is 15.5. The number of rotatable bonds is 4. The molecule has 0 spiro atoms. The third-order valence-electron chi connectivity index (χ3n) is 2.97. The highest BCUT2D eigenvalue weighted by Gasteiger charge is 2.13. The van der Waals surface area contributed by atoms with Gasteiger partial charge in [0, 0.05) is 10.0 Å². The molecule has 0 N–H and O–H groups in total. The summed E-state index contributed by atoms with van der Waals surface area (Å²) in [7, 11) is 0. The Bertz CT molecular complexity index is 816. The number of aromatic nitrogens is 4. The quantitative estimate of drug-likeness (QED) is 0.676. The first-order valence-corrected chi connectivity index (χ1v) is 7.35. The number of halogens is 2. The van der Waals surface area contributed by atoms with Gasteiger partial charge in [-0.15, -0.1) is 5.10 Å². The Morgan fingerprint density at radius 1 is 1.09 bits per heavy atom. The van der Waals surface area contributed by atoms with Crippen molar-refractivity contribution in [3.8, 4) is 5.69 Å². The van der Waals surface area contributed by atoms with Crippen LogP contribution >= 0.6 is 23.2 Å². The van der Waals surface area contributed by atoms with E-state index in [1.807, 2.05) is 30.3 Å². The normalized spacial score (nSPS) is 10.5. The lowest BCUT2D eigenvalue weighted by Gasteiger charge is -2.06. The average molecular weight is 349 g/mol. The second-order valence-electron chi connectivity index (χ2n) is 4.58. The molecule has 0 saturated heterocycles. The standard InChI is InChI=1S/C15H10Cl2N4O2/c16-11-6-10(7-12(17)8-11)15(22)23-9-14-18-19-20-21(14)13-4-2-1-3-5-13/h1-8H,9H2. The smallest absolute Gasteiger partial charge is 0.338 e. The maximum atomic E-state index is 12.1.